The summed E-state index contributed by atoms with van der Waals surface area (Å²) in [7, 11) is 0. The van der Waals surface area contributed by atoms with Crippen LogP contribution in [0, 0.1) is 6.92 Å². The van der Waals surface area contributed by atoms with Gasteiger partial charge in [0.15, 0.2) is 0 Å². The van der Waals surface area contributed by atoms with Gasteiger partial charge >= 0.3 is 5.97 Å². The second kappa shape index (κ2) is 4.95. The molecule has 0 spiro atoms. The maximum atomic E-state index is 11.9. The lowest BCUT2D eigenvalue weighted by molar-refractivity contribution is -0.140. The Balaban J connectivity index is 2.22. The Bertz CT molecular complexity index is 561. The van der Waals surface area contributed by atoms with Gasteiger partial charge in [-0.1, -0.05) is 24.0 Å². The van der Waals surface area contributed by atoms with Crippen LogP contribution < -0.4 is 0 Å². The van der Waals surface area contributed by atoms with E-state index in [4.69, 9.17) is 21.7 Å². The molecule has 0 unspecified atom stereocenters. The summed E-state index contributed by atoms with van der Waals surface area (Å²) in [6, 6.07) is 3.52. The van der Waals surface area contributed by atoms with Gasteiger partial charge in [0.1, 0.15) is 22.4 Å². The lowest BCUT2D eigenvalue weighted by atomic mass is 10.3. The van der Waals surface area contributed by atoms with Crippen molar-refractivity contribution in [3.63, 3.8) is 0 Å². The molecular formula is C11H9NO4S2. The number of rotatable bonds is 3. The lowest BCUT2D eigenvalue weighted by Crippen LogP contribution is -2.33. The minimum atomic E-state index is -1.10. The van der Waals surface area contributed by atoms with Crippen molar-refractivity contribution < 1.29 is 19.1 Å². The van der Waals surface area contributed by atoms with Crippen LogP contribution in [0.1, 0.15) is 11.5 Å². The first-order valence-corrected chi connectivity index (χ1v) is 6.23. The zero-order valence-electron chi connectivity index (χ0n) is 9.37. The Hall–Kier alpha value is -1.60. The zero-order chi connectivity index (χ0) is 13.3. The number of thioether (sulfide) groups is 1. The number of aliphatic carboxylic acids is 1. The average Bonchev–Trinajstić information content (AvgIpc) is 2.78. The number of amides is 1. The molecule has 0 aromatic carbocycles. The van der Waals surface area contributed by atoms with Gasteiger partial charge < -0.3 is 9.52 Å². The minimum Gasteiger partial charge on any atom is -0.480 e. The number of thiocarbonyl (C=S) groups is 1. The summed E-state index contributed by atoms with van der Waals surface area (Å²) in [6.45, 7) is 1.38. The minimum absolute atomic E-state index is 0.247. The van der Waals surface area contributed by atoms with Crippen molar-refractivity contribution in [2.45, 2.75) is 6.92 Å². The Labute approximate surface area is 112 Å². The maximum absolute atomic E-state index is 11.9. The van der Waals surface area contributed by atoms with Crippen molar-refractivity contribution in [1.29, 1.82) is 0 Å². The molecule has 1 N–H and O–H groups in total. The van der Waals surface area contributed by atoms with Crippen LogP contribution in [0.2, 0.25) is 0 Å². The highest BCUT2D eigenvalue weighted by molar-refractivity contribution is 8.26. The topological polar surface area (TPSA) is 70.8 Å². The maximum Gasteiger partial charge on any atom is 0.323 e. The normalized spacial score (nSPS) is 17.8. The molecule has 5 nitrogen and oxygen atoms in total. The van der Waals surface area contributed by atoms with E-state index in [0.29, 0.717) is 10.7 Å². The van der Waals surface area contributed by atoms with E-state index in [0.717, 1.165) is 22.4 Å². The van der Waals surface area contributed by atoms with Crippen molar-refractivity contribution in [3.8, 4) is 0 Å². The predicted molar refractivity (Wildman–Crippen MR) is 71.0 cm³/mol. The number of carboxylic acid groups (broad SMARTS) is 1. The number of carbonyl (C=O) groups excluding carboxylic acids is 1. The van der Waals surface area contributed by atoms with Crippen molar-refractivity contribution in [2.24, 2.45) is 0 Å². The fourth-order valence-corrected chi connectivity index (χ4v) is 2.67. The quantitative estimate of drug-likeness (QED) is 0.674. The molecule has 0 radical (unpaired) electrons. The number of carbonyl (C=O) groups is 2. The number of nitrogens with zero attached hydrogens (tertiary/aromatic N) is 1. The summed E-state index contributed by atoms with van der Waals surface area (Å²) in [5.41, 5.74) is 0. The van der Waals surface area contributed by atoms with E-state index < -0.39 is 18.4 Å². The summed E-state index contributed by atoms with van der Waals surface area (Å²) in [5, 5.41) is 8.69. The van der Waals surface area contributed by atoms with Crippen LogP contribution >= 0.6 is 24.0 Å². The molecule has 7 heteroatoms. The van der Waals surface area contributed by atoms with E-state index in [1.807, 2.05) is 0 Å². The molecule has 2 heterocycles. The molecule has 2 rings (SSSR count). The first-order chi connectivity index (χ1) is 8.47. The third-order valence-corrected chi connectivity index (χ3v) is 3.58. The van der Waals surface area contributed by atoms with E-state index in [1.165, 1.54) is 0 Å². The second-order valence-corrected chi connectivity index (χ2v) is 5.29. The number of carboxylic acids is 1. The largest absolute Gasteiger partial charge is 0.480 e. The lowest BCUT2D eigenvalue weighted by Gasteiger charge is -2.09. The van der Waals surface area contributed by atoms with Crippen LogP contribution in [-0.4, -0.2) is 32.7 Å². The third-order valence-electron chi connectivity index (χ3n) is 2.20. The molecule has 1 saturated heterocycles. The van der Waals surface area contributed by atoms with E-state index in [9.17, 15) is 9.59 Å². The molecule has 1 aliphatic heterocycles. The van der Waals surface area contributed by atoms with E-state index in [1.54, 1.807) is 25.1 Å². The first kappa shape index (κ1) is 12.8. The van der Waals surface area contributed by atoms with Gasteiger partial charge in [-0.25, -0.2) is 0 Å². The SMILES string of the molecule is Cc1ccc(/C=C2\SC(=S)N(CC(=O)O)C2=O)o1. The highest BCUT2D eigenvalue weighted by atomic mass is 32.2. The number of hydrogen-bond donors (Lipinski definition) is 1. The standard InChI is InChI=1S/C11H9NO4S2/c1-6-2-3-7(16-6)4-8-10(15)12(5-9(13)14)11(17)18-8/h2-4H,5H2,1H3,(H,13,14)/b8-4-. The van der Waals surface area contributed by atoms with Gasteiger partial charge in [0, 0.05) is 6.08 Å². The summed E-state index contributed by atoms with van der Waals surface area (Å²) in [4.78, 5) is 24.0. The number of hydrogen-bond acceptors (Lipinski definition) is 5. The number of furan rings is 1. The fraction of sp³-hybridized carbons (Fsp3) is 0.182. The van der Waals surface area contributed by atoms with Gasteiger partial charge in [-0.05, 0) is 19.1 Å². The van der Waals surface area contributed by atoms with E-state index >= 15 is 0 Å². The van der Waals surface area contributed by atoms with Gasteiger partial charge in [0.25, 0.3) is 5.91 Å². The summed E-state index contributed by atoms with van der Waals surface area (Å²) < 4.78 is 5.57. The summed E-state index contributed by atoms with van der Waals surface area (Å²) >= 11 is 6.04. The van der Waals surface area contributed by atoms with E-state index in [-0.39, 0.29) is 4.32 Å². The van der Waals surface area contributed by atoms with Crippen molar-refractivity contribution >= 4 is 46.3 Å². The molecule has 0 saturated carbocycles. The van der Waals surface area contributed by atoms with Gasteiger partial charge in [-0.2, -0.15) is 0 Å². The predicted octanol–water partition coefficient (Wildman–Crippen LogP) is 1.87. The van der Waals surface area contributed by atoms with Crippen molar-refractivity contribution in [1.82, 2.24) is 4.90 Å². The highest BCUT2D eigenvalue weighted by Gasteiger charge is 2.33. The van der Waals surface area contributed by atoms with Crippen LogP contribution in [0.3, 0.4) is 0 Å². The fourth-order valence-electron chi connectivity index (χ4n) is 1.43. The Kier molecular flexibility index (Phi) is 3.53. The molecule has 1 amide bonds. The molecule has 0 aliphatic carbocycles. The molecule has 94 valence electrons. The molecule has 1 aromatic heterocycles. The molecular weight excluding hydrogens is 274 g/mol. The average molecular weight is 283 g/mol. The van der Waals surface area contributed by atoms with Crippen LogP contribution in [0.25, 0.3) is 6.08 Å². The van der Waals surface area contributed by atoms with Crippen LogP contribution in [0.15, 0.2) is 21.5 Å². The van der Waals surface area contributed by atoms with Crippen molar-refractivity contribution in [2.75, 3.05) is 6.54 Å². The molecule has 0 atom stereocenters. The van der Waals surface area contributed by atoms with Crippen molar-refractivity contribution in [3.05, 3.63) is 28.6 Å². The highest BCUT2D eigenvalue weighted by Crippen LogP contribution is 2.32. The van der Waals surface area contributed by atoms with Crippen LogP contribution in [0.5, 0.6) is 0 Å². The first-order valence-electron chi connectivity index (χ1n) is 5.01. The van der Waals surface area contributed by atoms with Crippen LogP contribution in [0.4, 0.5) is 0 Å². The van der Waals surface area contributed by atoms with E-state index in [2.05, 4.69) is 0 Å². The third kappa shape index (κ3) is 2.62. The monoisotopic (exact) mass is 283 g/mol. The number of aryl methyl sites for hydroxylation is 1. The molecule has 1 aromatic rings. The summed E-state index contributed by atoms with van der Waals surface area (Å²) in [6.07, 6.45) is 1.56. The second-order valence-electron chi connectivity index (χ2n) is 3.61. The van der Waals surface area contributed by atoms with Gasteiger partial charge in [0.05, 0.1) is 4.91 Å². The van der Waals surface area contributed by atoms with Gasteiger partial charge in [-0.15, -0.1) is 0 Å². The molecule has 1 aliphatic rings. The molecule has 18 heavy (non-hydrogen) atoms. The Morgan fingerprint density at radius 3 is 2.89 bits per heavy atom. The van der Waals surface area contributed by atoms with Crippen LogP contribution in [-0.2, 0) is 9.59 Å². The van der Waals surface area contributed by atoms with Gasteiger partial charge in [-0.3, -0.25) is 14.5 Å². The van der Waals surface area contributed by atoms with Gasteiger partial charge in [0.2, 0.25) is 0 Å². The zero-order valence-corrected chi connectivity index (χ0v) is 11.0. The summed E-state index contributed by atoms with van der Waals surface area (Å²) in [5.74, 6) is -0.214. The Morgan fingerprint density at radius 2 is 2.33 bits per heavy atom. The molecule has 0 bridgehead atoms. The Morgan fingerprint density at radius 1 is 1.61 bits per heavy atom. The molecule has 1 fully saturated rings. The smallest absolute Gasteiger partial charge is 0.323 e.